The van der Waals surface area contributed by atoms with E-state index in [0.29, 0.717) is 10.1 Å². The molecule has 1 aliphatic heterocycles. The molecule has 0 spiro atoms. The highest BCUT2D eigenvalue weighted by molar-refractivity contribution is 7.20. The number of anilines is 2. The van der Waals surface area contributed by atoms with Crippen molar-refractivity contribution < 1.29 is 9.47 Å². The fourth-order valence-corrected chi connectivity index (χ4v) is 4.26. The Morgan fingerprint density at radius 2 is 1.96 bits per heavy atom. The molecular formula is C19H23N5O3S. The number of ether oxygens (including phenoxy) is 2. The van der Waals surface area contributed by atoms with Gasteiger partial charge in [0.25, 0.3) is 5.56 Å². The Hall–Kier alpha value is -2.81. The molecule has 9 heteroatoms. The molecule has 1 atom stereocenters. The molecule has 0 radical (unpaired) electrons. The summed E-state index contributed by atoms with van der Waals surface area (Å²) >= 11 is 1.41. The van der Waals surface area contributed by atoms with E-state index in [-0.39, 0.29) is 11.6 Å². The van der Waals surface area contributed by atoms with Gasteiger partial charge in [0.15, 0.2) is 0 Å². The van der Waals surface area contributed by atoms with Crippen molar-refractivity contribution in [2.75, 3.05) is 37.5 Å². The second-order valence-corrected chi connectivity index (χ2v) is 7.64. The van der Waals surface area contributed by atoms with Gasteiger partial charge in [-0.05, 0) is 12.8 Å². The van der Waals surface area contributed by atoms with E-state index in [1.165, 1.54) is 15.9 Å². The number of nitrogens with one attached hydrogen (secondary N) is 1. The maximum absolute atomic E-state index is 12.2. The summed E-state index contributed by atoms with van der Waals surface area (Å²) in [6.45, 7) is 3.73. The third-order valence-electron chi connectivity index (χ3n) is 4.88. The lowest BCUT2D eigenvalue weighted by Gasteiger charge is -2.20. The van der Waals surface area contributed by atoms with Crippen molar-refractivity contribution in [1.29, 1.82) is 0 Å². The first-order chi connectivity index (χ1) is 13.6. The van der Waals surface area contributed by atoms with Crippen molar-refractivity contribution in [2.24, 2.45) is 0 Å². The van der Waals surface area contributed by atoms with Crippen LogP contribution in [0.1, 0.15) is 19.0 Å². The number of hydrogen-bond donors (Lipinski definition) is 1. The van der Waals surface area contributed by atoms with E-state index in [2.05, 4.69) is 20.3 Å². The van der Waals surface area contributed by atoms with Gasteiger partial charge < -0.3 is 19.7 Å². The van der Waals surface area contributed by atoms with Gasteiger partial charge in [-0.25, -0.2) is 4.98 Å². The van der Waals surface area contributed by atoms with Gasteiger partial charge in [-0.3, -0.25) is 4.79 Å². The maximum Gasteiger partial charge on any atom is 0.275 e. The SMILES string of the molecule is CCc1cc(=O)n2nc(NC3CCN(c4cc(OC)cc(OC)c4)C3)sc2n1. The predicted octanol–water partition coefficient (Wildman–Crippen LogP) is 2.42. The van der Waals surface area contributed by atoms with Crippen LogP contribution in [0.5, 0.6) is 11.5 Å². The molecule has 1 saturated heterocycles. The lowest BCUT2D eigenvalue weighted by atomic mass is 10.2. The number of aromatic nitrogens is 3. The fourth-order valence-electron chi connectivity index (χ4n) is 3.36. The monoisotopic (exact) mass is 401 g/mol. The minimum Gasteiger partial charge on any atom is -0.497 e. The zero-order valence-electron chi connectivity index (χ0n) is 16.1. The second kappa shape index (κ2) is 7.67. The van der Waals surface area contributed by atoms with Crippen LogP contribution in [0.25, 0.3) is 4.96 Å². The van der Waals surface area contributed by atoms with Crippen LogP contribution >= 0.6 is 11.3 Å². The number of hydrogen-bond acceptors (Lipinski definition) is 8. The van der Waals surface area contributed by atoms with E-state index in [9.17, 15) is 4.79 Å². The van der Waals surface area contributed by atoms with Gasteiger partial charge in [0.05, 0.1) is 14.2 Å². The van der Waals surface area contributed by atoms with Crippen LogP contribution in [0.4, 0.5) is 10.8 Å². The highest BCUT2D eigenvalue weighted by Crippen LogP contribution is 2.31. The van der Waals surface area contributed by atoms with E-state index >= 15 is 0 Å². The number of fused-ring (bicyclic) bond motifs is 1. The van der Waals surface area contributed by atoms with E-state index in [1.54, 1.807) is 20.3 Å². The highest BCUT2D eigenvalue weighted by Gasteiger charge is 2.24. The molecule has 0 bridgehead atoms. The van der Waals surface area contributed by atoms with Gasteiger partial charge in [-0.2, -0.15) is 4.52 Å². The third-order valence-corrected chi connectivity index (χ3v) is 5.72. The standard InChI is InChI=1S/C19H23N5O3S/c1-4-12-7-17(25)24-19(21-12)28-18(22-24)20-13-5-6-23(11-13)14-8-15(26-2)10-16(9-14)27-3/h7-10,13H,4-6,11H2,1-3H3,(H,20,22). The Morgan fingerprint density at radius 1 is 1.21 bits per heavy atom. The van der Waals surface area contributed by atoms with Gasteiger partial charge in [0, 0.05) is 54.8 Å². The van der Waals surface area contributed by atoms with Crippen LogP contribution in [0.3, 0.4) is 0 Å². The van der Waals surface area contributed by atoms with Crippen LogP contribution < -0.4 is 25.2 Å². The molecule has 148 valence electrons. The molecule has 1 N–H and O–H groups in total. The normalized spacial score (nSPS) is 16.5. The highest BCUT2D eigenvalue weighted by atomic mass is 32.1. The molecule has 0 aliphatic carbocycles. The molecule has 2 aromatic heterocycles. The summed E-state index contributed by atoms with van der Waals surface area (Å²) in [4.78, 5) is 19.6. The van der Waals surface area contributed by atoms with Crippen molar-refractivity contribution in [2.45, 2.75) is 25.8 Å². The Bertz CT molecular complexity index is 1030. The van der Waals surface area contributed by atoms with Crippen molar-refractivity contribution in [1.82, 2.24) is 14.6 Å². The largest absolute Gasteiger partial charge is 0.497 e. The second-order valence-electron chi connectivity index (χ2n) is 6.69. The molecule has 1 aromatic carbocycles. The summed E-state index contributed by atoms with van der Waals surface area (Å²) in [5.41, 5.74) is 1.72. The number of aryl methyl sites for hydroxylation is 1. The lowest BCUT2D eigenvalue weighted by Crippen LogP contribution is -2.26. The first kappa shape index (κ1) is 18.5. The van der Waals surface area contributed by atoms with Gasteiger partial charge in [-0.1, -0.05) is 18.3 Å². The molecular weight excluding hydrogens is 378 g/mol. The number of rotatable bonds is 6. The van der Waals surface area contributed by atoms with E-state index in [1.807, 2.05) is 25.1 Å². The van der Waals surface area contributed by atoms with E-state index in [0.717, 1.165) is 48.8 Å². The van der Waals surface area contributed by atoms with Gasteiger partial charge >= 0.3 is 0 Å². The number of benzene rings is 1. The lowest BCUT2D eigenvalue weighted by molar-refractivity contribution is 0.394. The quantitative estimate of drug-likeness (QED) is 0.679. The summed E-state index contributed by atoms with van der Waals surface area (Å²) < 4.78 is 12.1. The van der Waals surface area contributed by atoms with Crippen molar-refractivity contribution in [3.63, 3.8) is 0 Å². The predicted molar refractivity (Wildman–Crippen MR) is 110 cm³/mol. The Labute approximate surface area is 166 Å². The van der Waals surface area contributed by atoms with E-state index < -0.39 is 0 Å². The third kappa shape index (κ3) is 3.62. The average Bonchev–Trinajstić information content (AvgIpc) is 3.34. The van der Waals surface area contributed by atoms with Crippen molar-refractivity contribution in [3.05, 3.63) is 40.3 Å². The van der Waals surface area contributed by atoms with Crippen LogP contribution in [0.15, 0.2) is 29.1 Å². The number of nitrogens with zero attached hydrogens (tertiary/aromatic N) is 4. The first-order valence-electron chi connectivity index (χ1n) is 9.24. The molecule has 1 fully saturated rings. The van der Waals surface area contributed by atoms with Crippen LogP contribution in [-0.2, 0) is 6.42 Å². The zero-order chi connectivity index (χ0) is 19.7. The summed E-state index contributed by atoms with van der Waals surface area (Å²) in [7, 11) is 3.31. The molecule has 0 saturated carbocycles. The molecule has 3 aromatic rings. The van der Waals surface area contributed by atoms with Crippen LogP contribution in [-0.4, -0.2) is 47.9 Å². The molecule has 3 heterocycles. The summed E-state index contributed by atoms with van der Waals surface area (Å²) in [6.07, 6.45) is 1.70. The Balaban J connectivity index is 1.50. The molecule has 4 rings (SSSR count). The first-order valence-corrected chi connectivity index (χ1v) is 10.1. The van der Waals surface area contributed by atoms with Gasteiger partial charge in [0.1, 0.15) is 11.5 Å². The molecule has 1 unspecified atom stereocenters. The molecule has 0 amide bonds. The van der Waals surface area contributed by atoms with E-state index in [4.69, 9.17) is 9.47 Å². The van der Waals surface area contributed by atoms with Crippen molar-refractivity contribution in [3.8, 4) is 11.5 Å². The molecule has 8 nitrogen and oxygen atoms in total. The average molecular weight is 401 g/mol. The Morgan fingerprint density at radius 3 is 2.64 bits per heavy atom. The maximum atomic E-state index is 12.2. The minimum atomic E-state index is -0.136. The van der Waals surface area contributed by atoms with Gasteiger partial charge in [-0.15, -0.1) is 5.10 Å². The summed E-state index contributed by atoms with van der Waals surface area (Å²) in [6, 6.07) is 7.67. The fraction of sp³-hybridized carbons (Fsp3) is 0.421. The Kier molecular flexibility index (Phi) is 5.08. The van der Waals surface area contributed by atoms with Crippen LogP contribution in [0.2, 0.25) is 0 Å². The van der Waals surface area contributed by atoms with Gasteiger partial charge in [0.2, 0.25) is 10.1 Å². The van der Waals surface area contributed by atoms with Crippen molar-refractivity contribution >= 4 is 27.1 Å². The summed E-state index contributed by atoms with van der Waals surface area (Å²) in [5.74, 6) is 1.54. The zero-order valence-corrected chi connectivity index (χ0v) is 17.0. The molecule has 28 heavy (non-hydrogen) atoms. The topological polar surface area (TPSA) is 81.0 Å². The van der Waals surface area contributed by atoms with Crippen LogP contribution in [0, 0.1) is 0 Å². The minimum absolute atomic E-state index is 0.136. The number of methoxy groups -OCH3 is 2. The smallest absolute Gasteiger partial charge is 0.275 e. The molecule has 1 aliphatic rings. The summed E-state index contributed by atoms with van der Waals surface area (Å²) in [5, 5.41) is 8.57.